The first-order valence-corrected chi connectivity index (χ1v) is 6.26. The Balaban J connectivity index is 2.23. The van der Waals surface area contributed by atoms with Crippen LogP contribution in [0.3, 0.4) is 0 Å². The third kappa shape index (κ3) is 3.12. The van der Waals surface area contributed by atoms with Crippen LogP contribution < -0.4 is 5.32 Å². The third-order valence-electron chi connectivity index (χ3n) is 3.18. The average molecular weight is 242 g/mol. The minimum atomic E-state index is 0.121. The quantitative estimate of drug-likeness (QED) is 0.798. The van der Waals surface area contributed by atoms with E-state index in [0.717, 1.165) is 6.54 Å². The zero-order valence-electron chi connectivity index (χ0n) is 10.6. The molecule has 0 aliphatic carbocycles. The van der Waals surface area contributed by atoms with Gasteiger partial charge in [-0.15, -0.1) is 5.92 Å². The summed E-state index contributed by atoms with van der Waals surface area (Å²) in [6, 6.07) is 10.3. The Labute approximate surface area is 108 Å². The van der Waals surface area contributed by atoms with E-state index < -0.39 is 0 Å². The van der Waals surface area contributed by atoms with Gasteiger partial charge in [0.05, 0.1) is 6.54 Å². The Morgan fingerprint density at radius 3 is 2.89 bits per heavy atom. The molecule has 1 unspecified atom stereocenters. The Morgan fingerprint density at radius 1 is 1.39 bits per heavy atom. The molecule has 1 atom stereocenters. The molecule has 0 aromatic heterocycles. The fourth-order valence-corrected chi connectivity index (χ4v) is 2.25. The van der Waals surface area contributed by atoms with Crippen molar-refractivity contribution < 1.29 is 4.79 Å². The number of nitrogens with zero attached hydrogens (tertiary/aromatic N) is 1. The predicted molar refractivity (Wildman–Crippen MR) is 71.8 cm³/mol. The molecule has 1 amide bonds. The summed E-state index contributed by atoms with van der Waals surface area (Å²) < 4.78 is 0. The SMILES string of the molecule is CC#CCN1CCNC(=O)CC1c1ccccc1. The third-order valence-corrected chi connectivity index (χ3v) is 3.18. The topological polar surface area (TPSA) is 32.3 Å². The van der Waals surface area contributed by atoms with Crippen molar-refractivity contribution in [2.45, 2.75) is 19.4 Å². The minimum absolute atomic E-state index is 0.121. The van der Waals surface area contributed by atoms with E-state index in [-0.39, 0.29) is 11.9 Å². The summed E-state index contributed by atoms with van der Waals surface area (Å²) >= 11 is 0. The molecule has 3 nitrogen and oxygen atoms in total. The number of hydrogen-bond acceptors (Lipinski definition) is 2. The lowest BCUT2D eigenvalue weighted by Gasteiger charge is -2.27. The Kier molecular flexibility index (Phi) is 4.38. The van der Waals surface area contributed by atoms with Crippen molar-refractivity contribution in [1.82, 2.24) is 10.2 Å². The van der Waals surface area contributed by atoms with Crippen LogP contribution in [0.1, 0.15) is 24.9 Å². The van der Waals surface area contributed by atoms with Gasteiger partial charge in [0, 0.05) is 25.6 Å². The van der Waals surface area contributed by atoms with Crippen molar-refractivity contribution in [3.8, 4) is 11.8 Å². The van der Waals surface area contributed by atoms with Crippen LogP contribution in [0.2, 0.25) is 0 Å². The molecule has 1 N–H and O–H groups in total. The molecule has 0 bridgehead atoms. The number of benzene rings is 1. The molecule has 1 aromatic rings. The maximum Gasteiger partial charge on any atom is 0.221 e. The van der Waals surface area contributed by atoms with Crippen LogP contribution in [0.15, 0.2) is 30.3 Å². The number of amides is 1. The minimum Gasteiger partial charge on any atom is -0.355 e. The molecule has 1 aliphatic rings. The molecule has 3 heteroatoms. The van der Waals surface area contributed by atoms with Crippen LogP contribution >= 0.6 is 0 Å². The molecule has 0 saturated carbocycles. The first-order valence-electron chi connectivity index (χ1n) is 6.26. The number of carbonyl (C=O) groups excluding carboxylic acids is 1. The highest BCUT2D eigenvalue weighted by atomic mass is 16.1. The Hall–Kier alpha value is -1.79. The van der Waals surface area contributed by atoms with Crippen LogP contribution in [0, 0.1) is 11.8 Å². The summed E-state index contributed by atoms with van der Waals surface area (Å²) in [5.74, 6) is 6.14. The highest BCUT2D eigenvalue weighted by molar-refractivity contribution is 5.77. The van der Waals surface area contributed by atoms with Gasteiger partial charge in [0.15, 0.2) is 0 Å². The smallest absolute Gasteiger partial charge is 0.221 e. The van der Waals surface area contributed by atoms with E-state index in [1.807, 2.05) is 25.1 Å². The van der Waals surface area contributed by atoms with Crippen molar-refractivity contribution in [1.29, 1.82) is 0 Å². The van der Waals surface area contributed by atoms with Gasteiger partial charge in [-0.3, -0.25) is 9.69 Å². The van der Waals surface area contributed by atoms with Gasteiger partial charge in [0.1, 0.15) is 0 Å². The number of rotatable bonds is 2. The van der Waals surface area contributed by atoms with Gasteiger partial charge in [0.2, 0.25) is 5.91 Å². The monoisotopic (exact) mass is 242 g/mol. The maximum atomic E-state index is 11.7. The van der Waals surface area contributed by atoms with Crippen LogP contribution in [0.4, 0.5) is 0 Å². The second-order valence-corrected chi connectivity index (χ2v) is 4.38. The van der Waals surface area contributed by atoms with Crippen LogP contribution in [0.25, 0.3) is 0 Å². The summed E-state index contributed by atoms with van der Waals surface area (Å²) in [6.45, 7) is 4.11. The molecule has 94 valence electrons. The molecular weight excluding hydrogens is 224 g/mol. The zero-order chi connectivity index (χ0) is 12.8. The second kappa shape index (κ2) is 6.23. The van der Waals surface area contributed by atoms with E-state index in [9.17, 15) is 4.79 Å². The Bertz CT molecular complexity index is 458. The lowest BCUT2D eigenvalue weighted by Crippen LogP contribution is -2.31. The maximum absolute atomic E-state index is 11.7. The second-order valence-electron chi connectivity index (χ2n) is 4.38. The van der Waals surface area contributed by atoms with Gasteiger partial charge >= 0.3 is 0 Å². The van der Waals surface area contributed by atoms with Gasteiger partial charge in [-0.1, -0.05) is 36.3 Å². The highest BCUT2D eigenvalue weighted by Crippen LogP contribution is 2.24. The number of carbonyl (C=O) groups is 1. The molecule has 1 aliphatic heterocycles. The van der Waals surface area contributed by atoms with Gasteiger partial charge in [-0.05, 0) is 12.5 Å². The predicted octanol–water partition coefficient (Wildman–Crippen LogP) is 1.57. The summed E-state index contributed by atoms with van der Waals surface area (Å²) in [4.78, 5) is 14.0. The van der Waals surface area contributed by atoms with Crippen LogP contribution in [0.5, 0.6) is 0 Å². The Morgan fingerprint density at radius 2 is 2.17 bits per heavy atom. The summed E-state index contributed by atoms with van der Waals surface area (Å²) in [7, 11) is 0. The first kappa shape index (κ1) is 12.7. The summed E-state index contributed by atoms with van der Waals surface area (Å²) in [5, 5.41) is 2.92. The molecule has 0 spiro atoms. The van der Waals surface area contributed by atoms with Crippen molar-refractivity contribution in [3.63, 3.8) is 0 Å². The van der Waals surface area contributed by atoms with E-state index in [4.69, 9.17) is 0 Å². The average Bonchev–Trinajstić information content (AvgIpc) is 2.59. The van der Waals surface area contributed by atoms with Gasteiger partial charge < -0.3 is 5.32 Å². The molecule has 18 heavy (non-hydrogen) atoms. The van der Waals surface area contributed by atoms with Crippen molar-refractivity contribution >= 4 is 5.91 Å². The van der Waals surface area contributed by atoms with Crippen LogP contribution in [-0.2, 0) is 4.79 Å². The lowest BCUT2D eigenvalue weighted by molar-refractivity contribution is -0.121. The lowest BCUT2D eigenvalue weighted by atomic mass is 10.0. The molecule has 1 fully saturated rings. The van der Waals surface area contributed by atoms with Gasteiger partial charge in [-0.25, -0.2) is 0 Å². The molecule has 1 saturated heterocycles. The normalized spacial score (nSPS) is 20.5. The number of nitrogens with one attached hydrogen (secondary N) is 1. The molecule has 0 radical (unpaired) electrons. The zero-order valence-corrected chi connectivity index (χ0v) is 10.6. The van der Waals surface area contributed by atoms with Crippen molar-refractivity contribution in [3.05, 3.63) is 35.9 Å². The largest absolute Gasteiger partial charge is 0.355 e. The standard InChI is InChI=1S/C15H18N2O/c1-2-3-10-17-11-9-16-15(18)12-14(17)13-7-5-4-6-8-13/h4-8,14H,9-12H2,1H3,(H,16,18). The van der Waals surface area contributed by atoms with Gasteiger partial charge in [-0.2, -0.15) is 0 Å². The van der Waals surface area contributed by atoms with Crippen molar-refractivity contribution in [2.75, 3.05) is 19.6 Å². The van der Waals surface area contributed by atoms with E-state index in [1.165, 1.54) is 5.56 Å². The molecule has 1 heterocycles. The number of hydrogen-bond donors (Lipinski definition) is 1. The molecular formula is C15H18N2O. The van der Waals surface area contributed by atoms with Gasteiger partial charge in [0.25, 0.3) is 0 Å². The summed E-state index contributed by atoms with van der Waals surface area (Å²) in [5.41, 5.74) is 1.19. The molecule has 2 rings (SSSR count). The fourth-order valence-electron chi connectivity index (χ4n) is 2.25. The van der Waals surface area contributed by atoms with Crippen LogP contribution in [-0.4, -0.2) is 30.4 Å². The summed E-state index contributed by atoms with van der Waals surface area (Å²) in [6.07, 6.45) is 0.509. The molecule has 1 aromatic carbocycles. The highest BCUT2D eigenvalue weighted by Gasteiger charge is 2.25. The fraction of sp³-hybridized carbons (Fsp3) is 0.400. The van der Waals surface area contributed by atoms with E-state index in [2.05, 4.69) is 34.2 Å². The van der Waals surface area contributed by atoms with E-state index in [1.54, 1.807) is 0 Å². The van der Waals surface area contributed by atoms with Crippen molar-refractivity contribution in [2.24, 2.45) is 0 Å². The first-order chi connectivity index (χ1) is 8.81. The van der Waals surface area contributed by atoms with E-state index >= 15 is 0 Å². The van der Waals surface area contributed by atoms with E-state index in [0.29, 0.717) is 19.5 Å².